The summed E-state index contributed by atoms with van der Waals surface area (Å²) in [5.74, 6) is -2.87. The highest BCUT2D eigenvalue weighted by Crippen LogP contribution is 2.31. The minimum atomic E-state index is -5.08. The number of nitrogens with zero attached hydrogens (tertiary/aromatic N) is 2. The molecule has 1 amide bonds. The predicted octanol–water partition coefficient (Wildman–Crippen LogP) is 4.33. The van der Waals surface area contributed by atoms with Crippen molar-refractivity contribution in [3.05, 3.63) is 52.6 Å². The molecule has 1 aliphatic rings. The predicted molar refractivity (Wildman–Crippen MR) is 149 cm³/mol. The zero-order chi connectivity index (χ0) is 30.3. The zero-order valence-corrected chi connectivity index (χ0v) is 24.2. The van der Waals surface area contributed by atoms with Crippen LogP contribution in [0.3, 0.4) is 0 Å². The summed E-state index contributed by atoms with van der Waals surface area (Å²) < 4.78 is 61.4. The molecule has 1 saturated heterocycles. The van der Waals surface area contributed by atoms with E-state index in [1.807, 2.05) is 26.0 Å². The van der Waals surface area contributed by atoms with Gasteiger partial charge in [-0.1, -0.05) is 19.4 Å². The monoisotopic (exact) mass is 586 g/mol. The second-order valence-electron chi connectivity index (χ2n) is 9.66. The highest BCUT2D eigenvalue weighted by atomic mass is 32.2. The third-order valence-corrected chi connectivity index (χ3v) is 7.97. The maximum absolute atomic E-state index is 13.4. The van der Waals surface area contributed by atoms with Crippen LogP contribution in [-0.4, -0.2) is 76.2 Å². The molecule has 0 radical (unpaired) electrons. The largest absolute Gasteiger partial charge is 0.490 e. The Bertz CT molecular complexity index is 1310. The average molecular weight is 587 g/mol. The Morgan fingerprint density at radius 2 is 1.62 bits per heavy atom. The Balaban J connectivity index is 0.000000708. The number of carbonyl (C=O) groups excluding carboxylic acids is 1. The number of sulfonamides is 1. The van der Waals surface area contributed by atoms with Crippen LogP contribution in [-0.2, 0) is 14.8 Å². The lowest BCUT2D eigenvalue weighted by Crippen LogP contribution is -2.43. The molecule has 2 aromatic carbocycles. The van der Waals surface area contributed by atoms with Crippen molar-refractivity contribution < 1.29 is 36.3 Å². The van der Waals surface area contributed by atoms with E-state index in [9.17, 15) is 26.4 Å². The fourth-order valence-corrected chi connectivity index (χ4v) is 5.45. The van der Waals surface area contributed by atoms with Gasteiger partial charge in [0.05, 0.1) is 16.3 Å². The van der Waals surface area contributed by atoms with Gasteiger partial charge in [0.15, 0.2) is 0 Å². The Kier molecular flexibility index (Phi) is 11.4. The minimum absolute atomic E-state index is 0.113. The average Bonchev–Trinajstić information content (AvgIpc) is 2.88. The molecule has 40 heavy (non-hydrogen) atoms. The molecule has 0 aromatic heterocycles. The second-order valence-corrected chi connectivity index (χ2v) is 11.3. The first-order valence-electron chi connectivity index (χ1n) is 12.8. The summed E-state index contributed by atoms with van der Waals surface area (Å²) in [4.78, 5) is 26.0. The van der Waals surface area contributed by atoms with Gasteiger partial charge in [-0.2, -0.15) is 13.2 Å². The number of hydrogen-bond donors (Lipinski definition) is 3. The molecule has 13 heteroatoms. The standard InChI is InChI=1S/C25H36N4O3S.C2HF3O2/c1-6-7-12-28(5)25(30)21-8-9-23(29-13-10-26-11-14-29)22(17-21)27-33(31,32)24-16-19(3)18(2)15-20(24)4;3-2(4,5)1(6)7/h8-9,15-17,26-27H,6-7,10-14H2,1-5H3;(H,6,7). The van der Waals surface area contributed by atoms with Gasteiger partial charge in [-0.05, 0) is 68.1 Å². The molecule has 0 spiro atoms. The molecule has 1 heterocycles. The Morgan fingerprint density at radius 3 is 2.17 bits per heavy atom. The summed E-state index contributed by atoms with van der Waals surface area (Å²) in [6.45, 7) is 11.6. The van der Waals surface area contributed by atoms with Gasteiger partial charge in [0.1, 0.15) is 0 Å². The van der Waals surface area contributed by atoms with E-state index in [-0.39, 0.29) is 10.8 Å². The van der Waals surface area contributed by atoms with Crippen LogP contribution in [0.4, 0.5) is 24.5 Å². The molecule has 0 atom stereocenters. The number of aliphatic carboxylic acids is 1. The lowest BCUT2D eigenvalue weighted by atomic mass is 10.1. The highest BCUT2D eigenvalue weighted by Gasteiger charge is 2.38. The van der Waals surface area contributed by atoms with Crippen LogP contribution in [0.1, 0.15) is 46.8 Å². The summed E-state index contributed by atoms with van der Waals surface area (Å²) in [6, 6.07) is 8.93. The van der Waals surface area contributed by atoms with Crippen LogP contribution in [0.15, 0.2) is 35.2 Å². The third kappa shape index (κ3) is 8.85. The molecule has 3 rings (SSSR count). The van der Waals surface area contributed by atoms with Gasteiger partial charge in [-0.25, -0.2) is 13.2 Å². The van der Waals surface area contributed by atoms with Crippen molar-refractivity contribution in [2.24, 2.45) is 0 Å². The fraction of sp³-hybridized carbons (Fsp3) is 0.481. The number of aryl methyl sites for hydroxylation is 3. The first kappa shape index (κ1) is 32.9. The van der Waals surface area contributed by atoms with Crippen LogP contribution in [0.25, 0.3) is 0 Å². The maximum Gasteiger partial charge on any atom is 0.490 e. The molecule has 0 unspecified atom stereocenters. The van der Waals surface area contributed by atoms with Crippen molar-refractivity contribution in [1.82, 2.24) is 10.2 Å². The van der Waals surface area contributed by atoms with Crippen LogP contribution in [0.2, 0.25) is 0 Å². The number of amides is 1. The van der Waals surface area contributed by atoms with E-state index in [0.29, 0.717) is 23.4 Å². The Morgan fingerprint density at radius 1 is 1.05 bits per heavy atom. The number of carboxylic acid groups (broad SMARTS) is 1. The van der Waals surface area contributed by atoms with Crippen molar-refractivity contribution in [1.29, 1.82) is 0 Å². The number of alkyl halides is 3. The molecule has 0 aliphatic carbocycles. The van der Waals surface area contributed by atoms with Gasteiger partial charge in [0.2, 0.25) is 0 Å². The molecule has 0 bridgehead atoms. The topological polar surface area (TPSA) is 119 Å². The van der Waals surface area contributed by atoms with Crippen LogP contribution in [0, 0.1) is 20.8 Å². The van der Waals surface area contributed by atoms with Gasteiger partial charge >= 0.3 is 12.1 Å². The number of anilines is 2. The van der Waals surface area contributed by atoms with Gasteiger partial charge < -0.3 is 20.2 Å². The minimum Gasteiger partial charge on any atom is -0.475 e. The molecule has 9 nitrogen and oxygen atoms in total. The van der Waals surface area contributed by atoms with Crippen molar-refractivity contribution in [2.45, 2.75) is 51.6 Å². The van der Waals surface area contributed by atoms with Gasteiger partial charge in [0.25, 0.3) is 15.9 Å². The summed E-state index contributed by atoms with van der Waals surface area (Å²) in [7, 11) is -2.06. The van der Waals surface area contributed by atoms with Crippen molar-refractivity contribution in [3.8, 4) is 0 Å². The lowest BCUT2D eigenvalue weighted by molar-refractivity contribution is -0.192. The molecule has 222 valence electrons. The van der Waals surface area contributed by atoms with Crippen LogP contribution in [0.5, 0.6) is 0 Å². The number of carbonyl (C=O) groups is 2. The van der Waals surface area contributed by atoms with Gasteiger partial charge in [0, 0.05) is 45.3 Å². The lowest BCUT2D eigenvalue weighted by Gasteiger charge is -2.31. The van der Waals surface area contributed by atoms with E-state index in [4.69, 9.17) is 9.90 Å². The number of piperazine rings is 1. The SMILES string of the molecule is CCCCN(C)C(=O)c1ccc(N2CCNCC2)c(NS(=O)(=O)c2cc(C)c(C)cc2C)c1.O=C(O)C(F)(F)F. The quantitative estimate of drug-likeness (QED) is 0.421. The molecule has 1 fully saturated rings. The second kappa shape index (κ2) is 13.8. The molecule has 1 aliphatic heterocycles. The number of carboxylic acids is 1. The normalized spacial score (nSPS) is 13.8. The van der Waals surface area contributed by atoms with E-state index >= 15 is 0 Å². The molecule has 0 saturated carbocycles. The number of unbranched alkanes of at least 4 members (excludes halogenated alkanes) is 1. The number of nitrogens with one attached hydrogen (secondary N) is 2. The zero-order valence-electron chi connectivity index (χ0n) is 23.4. The van der Waals surface area contributed by atoms with E-state index in [1.54, 1.807) is 37.1 Å². The number of rotatable bonds is 8. The van der Waals surface area contributed by atoms with E-state index < -0.39 is 22.2 Å². The summed E-state index contributed by atoms with van der Waals surface area (Å²) in [6.07, 6.45) is -3.16. The Hall–Kier alpha value is -3.32. The molecule has 2 aromatic rings. The third-order valence-electron chi connectivity index (χ3n) is 6.46. The van der Waals surface area contributed by atoms with Crippen molar-refractivity contribution in [2.75, 3.05) is 49.4 Å². The Labute approximate surface area is 233 Å². The molecular weight excluding hydrogens is 549 g/mol. The van der Waals surface area contributed by atoms with Crippen LogP contribution < -0.4 is 14.9 Å². The van der Waals surface area contributed by atoms with Crippen molar-refractivity contribution >= 4 is 33.3 Å². The van der Waals surface area contributed by atoms with E-state index in [1.165, 1.54) is 0 Å². The van der Waals surface area contributed by atoms with E-state index in [2.05, 4.69) is 21.9 Å². The summed E-state index contributed by atoms with van der Waals surface area (Å²) in [5.41, 5.74) is 4.36. The van der Waals surface area contributed by atoms with Gasteiger partial charge in [-0.3, -0.25) is 9.52 Å². The summed E-state index contributed by atoms with van der Waals surface area (Å²) >= 11 is 0. The molecule has 3 N–H and O–H groups in total. The summed E-state index contributed by atoms with van der Waals surface area (Å²) in [5, 5.41) is 10.4. The van der Waals surface area contributed by atoms with Crippen LogP contribution >= 0.6 is 0 Å². The number of benzene rings is 2. The smallest absolute Gasteiger partial charge is 0.475 e. The molecular formula is C27H37F3N4O5S. The van der Waals surface area contributed by atoms with Crippen molar-refractivity contribution in [3.63, 3.8) is 0 Å². The first-order valence-corrected chi connectivity index (χ1v) is 14.3. The van der Waals surface area contributed by atoms with Gasteiger partial charge in [-0.15, -0.1) is 0 Å². The number of halogens is 3. The maximum atomic E-state index is 13.4. The number of hydrogen-bond acceptors (Lipinski definition) is 6. The van der Waals surface area contributed by atoms with E-state index in [0.717, 1.165) is 55.8 Å². The highest BCUT2D eigenvalue weighted by molar-refractivity contribution is 7.92. The fourth-order valence-electron chi connectivity index (χ4n) is 4.07. The first-order chi connectivity index (χ1) is 18.6.